The molecule has 0 saturated carbocycles. The number of nitriles is 1. The van der Waals surface area contributed by atoms with Crippen LogP contribution in [0, 0.1) is 17.1 Å². The van der Waals surface area contributed by atoms with Gasteiger partial charge in [-0.2, -0.15) is 5.26 Å². The first-order valence-corrected chi connectivity index (χ1v) is 6.54. The Morgan fingerprint density at radius 1 is 1.19 bits per heavy atom. The largest absolute Gasteiger partial charge is 0.385 e. The van der Waals surface area contributed by atoms with Crippen LogP contribution in [0.2, 0.25) is 0 Å². The summed E-state index contributed by atoms with van der Waals surface area (Å²) in [6, 6.07) is 11.6. The quantitative estimate of drug-likeness (QED) is 0.929. The van der Waals surface area contributed by atoms with Crippen LogP contribution in [0.4, 0.5) is 10.2 Å². The topological polar surface area (TPSA) is 73.0 Å². The lowest BCUT2D eigenvalue weighted by atomic mass is 9.91. The number of aliphatic hydroxyl groups is 1. The van der Waals surface area contributed by atoms with Crippen molar-refractivity contribution >= 4 is 5.82 Å². The van der Waals surface area contributed by atoms with Crippen molar-refractivity contribution in [3.8, 4) is 17.3 Å². The molecule has 3 rings (SSSR count). The fourth-order valence-electron chi connectivity index (χ4n) is 2.35. The van der Waals surface area contributed by atoms with E-state index in [1.807, 2.05) is 11.0 Å². The van der Waals surface area contributed by atoms with E-state index in [4.69, 9.17) is 5.26 Å². The molecule has 0 unspecified atom stereocenters. The summed E-state index contributed by atoms with van der Waals surface area (Å²) < 4.78 is 12.9. The van der Waals surface area contributed by atoms with Gasteiger partial charge in [-0.15, -0.1) is 10.2 Å². The van der Waals surface area contributed by atoms with E-state index >= 15 is 0 Å². The van der Waals surface area contributed by atoms with E-state index in [1.165, 1.54) is 12.1 Å². The molecule has 0 spiro atoms. The zero-order valence-electron chi connectivity index (χ0n) is 11.2. The highest BCUT2D eigenvalue weighted by atomic mass is 19.1. The van der Waals surface area contributed by atoms with Crippen LogP contribution < -0.4 is 4.90 Å². The number of hydrogen-bond donors (Lipinski definition) is 1. The first-order chi connectivity index (χ1) is 10.1. The van der Waals surface area contributed by atoms with Crippen LogP contribution >= 0.6 is 0 Å². The number of aromatic nitrogens is 2. The van der Waals surface area contributed by atoms with Gasteiger partial charge in [0, 0.05) is 5.56 Å². The maximum Gasteiger partial charge on any atom is 0.151 e. The lowest BCUT2D eigenvalue weighted by Gasteiger charge is -2.45. The molecule has 1 aliphatic rings. The molecule has 0 amide bonds. The smallest absolute Gasteiger partial charge is 0.151 e. The Balaban J connectivity index is 1.71. The molecule has 2 aromatic rings. The molecule has 0 radical (unpaired) electrons. The number of rotatable bonds is 3. The van der Waals surface area contributed by atoms with Gasteiger partial charge < -0.3 is 10.0 Å². The van der Waals surface area contributed by atoms with Gasteiger partial charge in [0.25, 0.3) is 0 Å². The minimum atomic E-state index is -0.938. The molecule has 1 aromatic carbocycles. The molecule has 1 aromatic heterocycles. The van der Waals surface area contributed by atoms with Gasteiger partial charge in [0.2, 0.25) is 0 Å². The molecule has 106 valence electrons. The van der Waals surface area contributed by atoms with E-state index in [0.29, 0.717) is 24.6 Å². The summed E-state index contributed by atoms with van der Waals surface area (Å²) >= 11 is 0. The van der Waals surface area contributed by atoms with Crippen molar-refractivity contribution in [1.82, 2.24) is 10.2 Å². The highest BCUT2D eigenvalue weighted by Crippen LogP contribution is 2.28. The van der Waals surface area contributed by atoms with Gasteiger partial charge in [-0.1, -0.05) is 0 Å². The lowest BCUT2D eigenvalue weighted by Crippen LogP contribution is -2.62. The fraction of sp³-hybridized carbons (Fsp3) is 0.267. The third kappa shape index (κ3) is 2.69. The summed E-state index contributed by atoms with van der Waals surface area (Å²) in [5, 5.41) is 26.8. The van der Waals surface area contributed by atoms with Crippen molar-refractivity contribution in [1.29, 1.82) is 5.26 Å². The number of β-amino-alcohol motifs (C(OH)–C–C–N with tert-alkyl or cyclic N) is 1. The van der Waals surface area contributed by atoms with E-state index in [0.717, 1.165) is 5.56 Å². The Kier molecular flexibility index (Phi) is 3.28. The third-order valence-electron chi connectivity index (χ3n) is 3.49. The molecule has 2 heterocycles. The number of nitrogens with zero attached hydrogens (tertiary/aromatic N) is 4. The van der Waals surface area contributed by atoms with Gasteiger partial charge >= 0.3 is 0 Å². The normalized spacial score (nSPS) is 16.1. The van der Waals surface area contributed by atoms with Crippen LogP contribution in [0.1, 0.15) is 6.42 Å². The number of hydrogen-bond acceptors (Lipinski definition) is 5. The molecule has 1 fully saturated rings. The minimum absolute atomic E-state index is 0.116. The first kappa shape index (κ1) is 13.5. The predicted octanol–water partition coefficient (Wildman–Crippen LogP) is 1.75. The summed E-state index contributed by atoms with van der Waals surface area (Å²) in [5.74, 6) is 0.365. The number of benzene rings is 1. The van der Waals surface area contributed by atoms with Crippen LogP contribution in [0.5, 0.6) is 0 Å². The van der Waals surface area contributed by atoms with Crippen molar-refractivity contribution in [3.63, 3.8) is 0 Å². The molecule has 21 heavy (non-hydrogen) atoms. The maximum atomic E-state index is 12.9. The van der Waals surface area contributed by atoms with Crippen molar-refractivity contribution in [2.45, 2.75) is 12.0 Å². The average Bonchev–Trinajstić information content (AvgIpc) is 2.46. The van der Waals surface area contributed by atoms with Crippen molar-refractivity contribution in [2.75, 3.05) is 18.0 Å². The Morgan fingerprint density at radius 2 is 1.90 bits per heavy atom. The van der Waals surface area contributed by atoms with E-state index in [9.17, 15) is 9.50 Å². The van der Waals surface area contributed by atoms with Crippen LogP contribution in [0.15, 0.2) is 36.4 Å². The molecule has 0 atom stereocenters. The summed E-state index contributed by atoms with van der Waals surface area (Å²) in [5.41, 5.74) is 0.512. The molecular formula is C15H13FN4O. The van der Waals surface area contributed by atoms with Gasteiger partial charge in [-0.05, 0) is 36.4 Å². The van der Waals surface area contributed by atoms with Gasteiger partial charge in [0.1, 0.15) is 11.4 Å². The van der Waals surface area contributed by atoms with E-state index in [1.54, 1.807) is 24.3 Å². The van der Waals surface area contributed by atoms with E-state index < -0.39 is 5.60 Å². The third-order valence-corrected chi connectivity index (χ3v) is 3.49. The van der Waals surface area contributed by atoms with Crippen LogP contribution in [-0.2, 0) is 0 Å². The monoisotopic (exact) mass is 284 g/mol. The molecule has 1 N–H and O–H groups in total. The van der Waals surface area contributed by atoms with Crippen LogP contribution in [0.25, 0.3) is 11.3 Å². The van der Waals surface area contributed by atoms with E-state index in [-0.39, 0.29) is 12.2 Å². The van der Waals surface area contributed by atoms with Crippen LogP contribution in [-0.4, -0.2) is 34.0 Å². The zero-order valence-corrected chi connectivity index (χ0v) is 11.2. The maximum absolute atomic E-state index is 12.9. The molecule has 6 heteroatoms. The molecule has 0 aliphatic carbocycles. The second-order valence-electron chi connectivity index (χ2n) is 5.20. The van der Waals surface area contributed by atoms with Crippen LogP contribution in [0.3, 0.4) is 0 Å². The minimum Gasteiger partial charge on any atom is -0.385 e. The summed E-state index contributed by atoms with van der Waals surface area (Å²) in [6.45, 7) is 0.760. The van der Waals surface area contributed by atoms with Crippen molar-refractivity contribution < 1.29 is 9.50 Å². The summed E-state index contributed by atoms with van der Waals surface area (Å²) in [4.78, 5) is 1.86. The van der Waals surface area contributed by atoms with Gasteiger partial charge in [0.05, 0.1) is 31.3 Å². The Labute approximate surface area is 121 Å². The second-order valence-corrected chi connectivity index (χ2v) is 5.20. The SMILES string of the molecule is N#CCC1(O)CN(c2ccc(-c3ccc(F)cc3)nn2)C1. The van der Waals surface area contributed by atoms with Gasteiger partial charge in [-0.3, -0.25) is 0 Å². The van der Waals surface area contributed by atoms with Gasteiger partial charge in [-0.25, -0.2) is 4.39 Å². The Bertz CT molecular complexity index is 672. The molecular weight excluding hydrogens is 271 g/mol. The van der Waals surface area contributed by atoms with Crippen molar-refractivity contribution in [3.05, 3.63) is 42.2 Å². The van der Waals surface area contributed by atoms with Gasteiger partial charge in [0.15, 0.2) is 5.82 Å². The second kappa shape index (κ2) is 5.11. The van der Waals surface area contributed by atoms with E-state index in [2.05, 4.69) is 10.2 Å². The molecule has 1 aliphatic heterocycles. The highest BCUT2D eigenvalue weighted by Gasteiger charge is 2.41. The molecule has 1 saturated heterocycles. The number of halogens is 1. The summed E-state index contributed by atoms with van der Waals surface area (Å²) in [6.07, 6.45) is 0.116. The Hall–Kier alpha value is -2.52. The molecule has 0 bridgehead atoms. The zero-order chi connectivity index (χ0) is 14.9. The van der Waals surface area contributed by atoms with Crippen molar-refractivity contribution in [2.24, 2.45) is 0 Å². The Morgan fingerprint density at radius 3 is 2.48 bits per heavy atom. The number of anilines is 1. The average molecular weight is 284 g/mol. The standard InChI is InChI=1S/C15H13FN4O/c16-12-3-1-11(2-4-12)13-5-6-14(19-18-13)20-9-15(21,10-20)7-8-17/h1-6,21H,7,9-10H2. The molecule has 5 nitrogen and oxygen atoms in total. The highest BCUT2D eigenvalue weighted by molar-refractivity contribution is 5.60. The first-order valence-electron chi connectivity index (χ1n) is 6.54. The predicted molar refractivity (Wildman–Crippen MR) is 74.8 cm³/mol. The summed E-state index contributed by atoms with van der Waals surface area (Å²) in [7, 11) is 0. The fourth-order valence-corrected chi connectivity index (χ4v) is 2.35. The lowest BCUT2D eigenvalue weighted by molar-refractivity contribution is 0.0161.